The summed E-state index contributed by atoms with van der Waals surface area (Å²) in [4.78, 5) is 2.10. The van der Waals surface area contributed by atoms with Gasteiger partial charge in [-0.3, -0.25) is 0 Å². The average Bonchev–Trinajstić information content (AvgIpc) is 1.82. The SMILES string of the molecule is C=COCC(C)N(C)C. The van der Waals surface area contributed by atoms with Crippen molar-refractivity contribution < 1.29 is 4.74 Å². The van der Waals surface area contributed by atoms with Crippen molar-refractivity contribution in [3.8, 4) is 0 Å². The first-order valence-electron chi connectivity index (χ1n) is 3.07. The molecule has 0 aromatic rings. The third kappa shape index (κ3) is 4.03. The van der Waals surface area contributed by atoms with Gasteiger partial charge in [0.2, 0.25) is 0 Å². The van der Waals surface area contributed by atoms with E-state index >= 15 is 0 Å². The van der Waals surface area contributed by atoms with Crippen LogP contribution in [0.1, 0.15) is 6.92 Å². The summed E-state index contributed by atoms with van der Waals surface area (Å²) in [6.45, 7) is 6.27. The smallest absolute Gasteiger partial charge is 0.102 e. The van der Waals surface area contributed by atoms with E-state index in [1.54, 1.807) is 0 Å². The zero-order valence-electron chi connectivity index (χ0n) is 6.42. The van der Waals surface area contributed by atoms with Gasteiger partial charge in [0.15, 0.2) is 0 Å². The van der Waals surface area contributed by atoms with E-state index in [2.05, 4.69) is 18.4 Å². The molecule has 0 saturated heterocycles. The molecule has 0 aliphatic carbocycles. The lowest BCUT2D eigenvalue weighted by atomic mass is 10.3. The molecular weight excluding hydrogens is 114 g/mol. The predicted octanol–water partition coefficient (Wildman–Crippen LogP) is 1.10. The second-order valence-electron chi connectivity index (χ2n) is 2.31. The lowest BCUT2D eigenvalue weighted by Gasteiger charge is -2.18. The van der Waals surface area contributed by atoms with Crippen molar-refractivity contribution in [1.29, 1.82) is 0 Å². The highest BCUT2D eigenvalue weighted by atomic mass is 16.5. The zero-order valence-corrected chi connectivity index (χ0v) is 6.42. The van der Waals surface area contributed by atoms with Crippen molar-refractivity contribution in [3.05, 3.63) is 12.8 Å². The fourth-order valence-electron chi connectivity index (χ4n) is 0.356. The third-order valence-corrected chi connectivity index (χ3v) is 1.34. The highest BCUT2D eigenvalue weighted by molar-refractivity contribution is 4.59. The Morgan fingerprint density at radius 1 is 1.67 bits per heavy atom. The second-order valence-corrected chi connectivity index (χ2v) is 2.31. The average molecular weight is 129 g/mol. The zero-order chi connectivity index (χ0) is 7.28. The van der Waals surface area contributed by atoms with Crippen LogP contribution in [0.15, 0.2) is 12.8 Å². The summed E-state index contributed by atoms with van der Waals surface area (Å²) in [5.74, 6) is 0. The van der Waals surface area contributed by atoms with Crippen LogP contribution in [0.4, 0.5) is 0 Å². The minimum Gasteiger partial charge on any atom is -0.500 e. The quantitative estimate of drug-likeness (QED) is 0.527. The van der Waals surface area contributed by atoms with Crippen molar-refractivity contribution in [2.75, 3.05) is 20.7 Å². The van der Waals surface area contributed by atoms with Gasteiger partial charge in [0.25, 0.3) is 0 Å². The normalized spacial score (nSPS) is 13.3. The standard InChI is InChI=1S/C7H15NO/c1-5-9-6-7(2)8(3)4/h5,7H,1,6H2,2-4H3. The van der Waals surface area contributed by atoms with Gasteiger partial charge in [-0.25, -0.2) is 0 Å². The number of ether oxygens (including phenoxy) is 1. The van der Waals surface area contributed by atoms with Crippen molar-refractivity contribution in [1.82, 2.24) is 4.90 Å². The first-order chi connectivity index (χ1) is 4.18. The molecule has 0 rings (SSSR count). The molecule has 0 saturated carbocycles. The Kier molecular flexibility index (Phi) is 4.14. The summed E-state index contributed by atoms with van der Waals surface area (Å²) in [7, 11) is 4.05. The molecule has 1 unspecified atom stereocenters. The van der Waals surface area contributed by atoms with E-state index in [1.165, 1.54) is 6.26 Å². The number of rotatable bonds is 4. The second kappa shape index (κ2) is 4.39. The molecule has 0 heterocycles. The molecule has 0 fully saturated rings. The van der Waals surface area contributed by atoms with E-state index in [1.807, 2.05) is 14.1 Å². The fraction of sp³-hybridized carbons (Fsp3) is 0.714. The van der Waals surface area contributed by atoms with Crippen molar-refractivity contribution >= 4 is 0 Å². The van der Waals surface area contributed by atoms with Gasteiger partial charge in [-0.15, -0.1) is 0 Å². The molecular formula is C7H15NO. The van der Waals surface area contributed by atoms with E-state index in [4.69, 9.17) is 4.74 Å². The van der Waals surface area contributed by atoms with Crippen LogP contribution in [0.3, 0.4) is 0 Å². The van der Waals surface area contributed by atoms with Gasteiger partial charge in [-0.2, -0.15) is 0 Å². The topological polar surface area (TPSA) is 12.5 Å². The maximum absolute atomic E-state index is 4.98. The molecule has 1 atom stereocenters. The Morgan fingerprint density at radius 3 is 2.56 bits per heavy atom. The molecule has 0 aromatic heterocycles. The fourth-order valence-corrected chi connectivity index (χ4v) is 0.356. The molecule has 0 aromatic carbocycles. The van der Waals surface area contributed by atoms with Crippen molar-refractivity contribution in [3.63, 3.8) is 0 Å². The van der Waals surface area contributed by atoms with Gasteiger partial charge < -0.3 is 9.64 Å². The summed E-state index contributed by atoms with van der Waals surface area (Å²) in [5, 5.41) is 0. The van der Waals surface area contributed by atoms with Crippen LogP contribution >= 0.6 is 0 Å². The maximum atomic E-state index is 4.98. The van der Waals surface area contributed by atoms with Crippen LogP contribution in [-0.4, -0.2) is 31.6 Å². The first kappa shape index (κ1) is 8.50. The molecule has 2 nitrogen and oxygen atoms in total. The highest BCUT2D eigenvalue weighted by Crippen LogP contribution is 1.91. The van der Waals surface area contributed by atoms with Crippen molar-refractivity contribution in [2.45, 2.75) is 13.0 Å². The summed E-state index contributed by atoms with van der Waals surface area (Å²) in [6, 6.07) is 0.461. The first-order valence-corrected chi connectivity index (χ1v) is 3.07. The summed E-state index contributed by atoms with van der Waals surface area (Å²) >= 11 is 0. The molecule has 0 N–H and O–H groups in total. The Balaban J connectivity index is 3.26. The molecule has 0 amide bonds. The molecule has 0 aliphatic rings. The summed E-state index contributed by atoms with van der Waals surface area (Å²) in [6.07, 6.45) is 1.47. The van der Waals surface area contributed by atoms with E-state index in [0.29, 0.717) is 6.04 Å². The van der Waals surface area contributed by atoms with Crippen LogP contribution in [0.25, 0.3) is 0 Å². The molecule has 54 valence electrons. The van der Waals surface area contributed by atoms with Gasteiger partial charge in [0.05, 0.1) is 6.26 Å². The molecule has 2 heteroatoms. The number of hydrogen-bond donors (Lipinski definition) is 0. The Hall–Kier alpha value is -0.500. The minimum atomic E-state index is 0.461. The van der Waals surface area contributed by atoms with E-state index in [9.17, 15) is 0 Å². The van der Waals surface area contributed by atoms with Gasteiger partial charge >= 0.3 is 0 Å². The van der Waals surface area contributed by atoms with Crippen LogP contribution in [0, 0.1) is 0 Å². The number of nitrogens with zero attached hydrogens (tertiary/aromatic N) is 1. The van der Waals surface area contributed by atoms with E-state index < -0.39 is 0 Å². The molecule has 0 spiro atoms. The lowest BCUT2D eigenvalue weighted by molar-refractivity contribution is 0.161. The van der Waals surface area contributed by atoms with Gasteiger partial charge in [0, 0.05) is 6.04 Å². The minimum absolute atomic E-state index is 0.461. The maximum Gasteiger partial charge on any atom is 0.102 e. The van der Waals surface area contributed by atoms with Crippen LogP contribution in [-0.2, 0) is 4.74 Å². The number of hydrogen-bond acceptors (Lipinski definition) is 2. The Labute approximate surface area is 57.1 Å². The van der Waals surface area contributed by atoms with Gasteiger partial charge in [-0.1, -0.05) is 6.58 Å². The third-order valence-electron chi connectivity index (χ3n) is 1.34. The molecule has 9 heavy (non-hydrogen) atoms. The molecule has 0 radical (unpaired) electrons. The summed E-state index contributed by atoms with van der Waals surface area (Å²) in [5.41, 5.74) is 0. The molecule has 0 aliphatic heterocycles. The molecule has 0 bridgehead atoms. The largest absolute Gasteiger partial charge is 0.500 e. The van der Waals surface area contributed by atoms with Crippen LogP contribution in [0.5, 0.6) is 0 Å². The van der Waals surface area contributed by atoms with E-state index in [-0.39, 0.29) is 0 Å². The highest BCUT2D eigenvalue weighted by Gasteiger charge is 2.01. The van der Waals surface area contributed by atoms with Crippen LogP contribution < -0.4 is 0 Å². The van der Waals surface area contributed by atoms with E-state index in [0.717, 1.165) is 6.61 Å². The number of likely N-dealkylation sites (N-methyl/N-ethyl adjacent to an activating group) is 1. The summed E-state index contributed by atoms with van der Waals surface area (Å²) < 4.78 is 4.98. The lowest BCUT2D eigenvalue weighted by Crippen LogP contribution is -2.28. The van der Waals surface area contributed by atoms with Crippen molar-refractivity contribution in [2.24, 2.45) is 0 Å². The Morgan fingerprint density at radius 2 is 2.22 bits per heavy atom. The monoisotopic (exact) mass is 129 g/mol. The van der Waals surface area contributed by atoms with Gasteiger partial charge in [-0.05, 0) is 21.0 Å². The van der Waals surface area contributed by atoms with Crippen LogP contribution in [0.2, 0.25) is 0 Å². The Bertz CT molecular complexity index is 81.0. The van der Waals surface area contributed by atoms with Gasteiger partial charge in [0.1, 0.15) is 6.61 Å². The predicted molar refractivity (Wildman–Crippen MR) is 39.3 cm³/mol.